The second-order valence-electron chi connectivity index (χ2n) is 8.53. The largest absolute Gasteiger partial charge is 0.453 e. The number of hydrogen-bond acceptors (Lipinski definition) is 3. The molecule has 0 aliphatic heterocycles. The first kappa shape index (κ1) is 27.9. The Morgan fingerprint density at radius 1 is 0.655 bits per heavy atom. The number of esters is 1. The summed E-state index contributed by atoms with van der Waals surface area (Å²) < 4.78 is 5.13. The molecule has 0 aliphatic carbocycles. The maximum absolute atomic E-state index is 12.7. The Labute approximate surface area is 181 Å². The maximum atomic E-state index is 12.7. The van der Waals surface area contributed by atoms with Crippen LogP contribution in [0.2, 0.25) is 0 Å². The van der Waals surface area contributed by atoms with E-state index in [0.29, 0.717) is 0 Å². The molecular formula is C25H49NO3. The number of amides is 1. The van der Waals surface area contributed by atoms with Crippen LogP contribution in [0.15, 0.2) is 0 Å². The molecule has 0 N–H and O–H groups in total. The third kappa shape index (κ3) is 17.5. The Bertz CT molecular complexity index is 378. The van der Waals surface area contributed by atoms with Gasteiger partial charge in [-0.3, -0.25) is 9.59 Å². The predicted octanol–water partition coefficient (Wildman–Crippen LogP) is 7.05. The van der Waals surface area contributed by atoms with Crippen LogP contribution in [0.5, 0.6) is 0 Å². The van der Waals surface area contributed by atoms with Crippen LogP contribution >= 0.6 is 0 Å². The van der Waals surface area contributed by atoms with Gasteiger partial charge in [-0.15, -0.1) is 0 Å². The lowest BCUT2D eigenvalue weighted by atomic mass is 10.1. The van der Waals surface area contributed by atoms with Crippen molar-refractivity contribution in [2.24, 2.45) is 0 Å². The van der Waals surface area contributed by atoms with Crippen molar-refractivity contribution in [2.45, 2.75) is 137 Å². The van der Waals surface area contributed by atoms with E-state index in [9.17, 15) is 9.59 Å². The van der Waals surface area contributed by atoms with Gasteiger partial charge in [0, 0.05) is 20.0 Å². The van der Waals surface area contributed by atoms with Gasteiger partial charge in [0.05, 0.1) is 0 Å². The van der Waals surface area contributed by atoms with Crippen molar-refractivity contribution >= 4 is 11.9 Å². The maximum Gasteiger partial charge on any atom is 0.303 e. The van der Waals surface area contributed by atoms with Gasteiger partial charge in [-0.05, 0) is 19.8 Å². The molecule has 0 heterocycles. The molecular weight excluding hydrogens is 362 g/mol. The number of ether oxygens (including phenoxy) is 1. The van der Waals surface area contributed by atoms with Crippen molar-refractivity contribution in [3.05, 3.63) is 0 Å². The molecule has 0 bridgehead atoms. The Morgan fingerprint density at radius 2 is 1.00 bits per heavy atom. The molecule has 1 atom stereocenters. The van der Waals surface area contributed by atoms with Gasteiger partial charge in [0.2, 0.25) is 0 Å². The SMILES string of the molecule is CCCCCCCCCCN(CCCCCCCCCC)C(=O)C(C)OC(C)=O. The van der Waals surface area contributed by atoms with Crippen LogP contribution in [0, 0.1) is 0 Å². The molecule has 0 fully saturated rings. The molecule has 4 heteroatoms. The first-order chi connectivity index (χ1) is 14.0. The summed E-state index contributed by atoms with van der Waals surface area (Å²) in [6.07, 6.45) is 19.5. The minimum atomic E-state index is -0.671. The molecule has 1 amide bonds. The van der Waals surface area contributed by atoms with Gasteiger partial charge in [-0.2, -0.15) is 0 Å². The molecule has 0 rings (SSSR count). The van der Waals surface area contributed by atoms with Crippen molar-refractivity contribution < 1.29 is 14.3 Å². The lowest BCUT2D eigenvalue weighted by molar-refractivity contribution is -0.157. The Hall–Kier alpha value is -1.06. The number of hydrogen-bond donors (Lipinski definition) is 0. The van der Waals surface area contributed by atoms with E-state index in [-0.39, 0.29) is 11.9 Å². The summed E-state index contributed by atoms with van der Waals surface area (Å²) in [6, 6.07) is 0. The number of carbonyl (C=O) groups excluding carboxylic acids is 2. The smallest absolute Gasteiger partial charge is 0.303 e. The fraction of sp³-hybridized carbons (Fsp3) is 0.920. The molecule has 0 aliphatic rings. The third-order valence-corrected chi connectivity index (χ3v) is 5.57. The van der Waals surface area contributed by atoms with Gasteiger partial charge in [0.15, 0.2) is 6.10 Å². The van der Waals surface area contributed by atoms with E-state index in [0.717, 1.165) is 25.9 Å². The van der Waals surface area contributed by atoms with Crippen LogP contribution in [-0.4, -0.2) is 36.0 Å². The Kier molecular flexibility index (Phi) is 19.5. The first-order valence-electron chi connectivity index (χ1n) is 12.5. The van der Waals surface area contributed by atoms with Crippen molar-refractivity contribution in [1.82, 2.24) is 4.90 Å². The highest BCUT2D eigenvalue weighted by Crippen LogP contribution is 2.12. The van der Waals surface area contributed by atoms with Gasteiger partial charge in [0.1, 0.15) is 0 Å². The number of nitrogens with zero attached hydrogens (tertiary/aromatic N) is 1. The Balaban J connectivity index is 4.16. The minimum Gasteiger partial charge on any atom is -0.453 e. The summed E-state index contributed by atoms with van der Waals surface area (Å²) >= 11 is 0. The molecule has 1 unspecified atom stereocenters. The van der Waals surface area contributed by atoms with E-state index in [4.69, 9.17) is 4.74 Å². The van der Waals surface area contributed by atoms with E-state index in [1.54, 1.807) is 6.92 Å². The van der Waals surface area contributed by atoms with Gasteiger partial charge in [-0.1, -0.05) is 104 Å². The summed E-state index contributed by atoms with van der Waals surface area (Å²) in [5, 5.41) is 0. The predicted molar refractivity (Wildman–Crippen MR) is 123 cm³/mol. The quantitative estimate of drug-likeness (QED) is 0.159. The van der Waals surface area contributed by atoms with Crippen LogP contribution in [0.1, 0.15) is 130 Å². The van der Waals surface area contributed by atoms with E-state index in [1.807, 2.05) is 4.90 Å². The lowest BCUT2D eigenvalue weighted by Crippen LogP contribution is -2.41. The molecule has 0 aromatic rings. The van der Waals surface area contributed by atoms with Crippen LogP contribution in [-0.2, 0) is 14.3 Å². The van der Waals surface area contributed by atoms with Crippen LogP contribution in [0.4, 0.5) is 0 Å². The summed E-state index contributed by atoms with van der Waals surface area (Å²) in [6.45, 7) is 9.12. The number of rotatable bonds is 20. The standard InChI is InChI=1S/C25H49NO3/c1-5-7-9-11-13-15-17-19-21-26(25(28)23(3)29-24(4)27)22-20-18-16-14-12-10-8-6-2/h23H,5-22H2,1-4H3. The van der Waals surface area contributed by atoms with Crippen LogP contribution < -0.4 is 0 Å². The lowest BCUT2D eigenvalue weighted by Gasteiger charge is -2.25. The van der Waals surface area contributed by atoms with Crippen molar-refractivity contribution in [1.29, 1.82) is 0 Å². The van der Waals surface area contributed by atoms with Crippen LogP contribution in [0.3, 0.4) is 0 Å². The fourth-order valence-corrected chi connectivity index (χ4v) is 3.76. The fourth-order valence-electron chi connectivity index (χ4n) is 3.76. The monoisotopic (exact) mass is 411 g/mol. The molecule has 0 saturated heterocycles. The third-order valence-electron chi connectivity index (χ3n) is 5.57. The van der Waals surface area contributed by atoms with Crippen molar-refractivity contribution in [3.8, 4) is 0 Å². The minimum absolute atomic E-state index is 0.0360. The average Bonchev–Trinajstić information content (AvgIpc) is 2.69. The number of unbranched alkanes of at least 4 members (excludes halogenated alkanes) is 14. The molecule has 0 spiro atoms. The summed E-state index contributed by atoms with van der Waals surface area (Å²) in [5.74, 6) is -0.420. The summed E-state index contributed by atoms with van der Waals surface area (Å²) in [4.78, 5) is 25.8. The molecule has 0 radical (unpaired) electrons. The van der Waals surface area contributed by atoms with Gasteiger partial charge < -0.3 is 9.64 Å². The zero-order valence-electron chi connectivity index (χ0n) is 20.0. The topological polar surface area (TPSA) is 46.6 Å². The molecule has 0 aromatic carbocycles. The van der Waals surface area contributed by atoms with E-state index >= 15 is 0 Å². The molecule has 29 heavy (non-hydrogen) atoms. The highest BCUT2D eigenvalue weighted by Gasteiger charge is 2.22. The van der Waals surface area contributed by atoms with Gasteiger partial charge >= 0.3 is 5.97 Å². The molecule has 0 aromatic heterocycles. The van der Waals surface area contributed by atoms with Gasteiger partial charge in [-0.25, -0.2) is 0 Å². The zero-order chi connectivity index (χ0) is 21.7. The molecule has 4 nitrogen and oxygen atoms in total. The molecule has 172 valence electrons. The van der Waals surface area contributed by atoms with Crippen LogP contribution in [0.25, 0.3) is 0 Å². The normalized spacial score (nSPS) is 12.0. The second-order valence-corrected chi connectivity index (χ2v) is 8.53. The average molecular weight is 412 g/mol. The first-order valence-corrected chi connectivity index (χ1v) is 12.5. The number of carbonyl (C=O) groups is 2. The second kappa shape index (κ2) is 20.2. The molecule has 0 saturated carbocycles. The summed E-state index contributed by atoms with van der Waals surface area (Å²) in [7, 11) is 0. The highest BCUT2D eigenvalue weighted by atomic mass is 16.5. The summed E-state index contributed by atoms with van der Waals surface area (Å²) in [5.41, 5.74) is 0. The van der Waals surface area contributed by atoms with Crippen molar-refractivity contribution in [3.63, 3.8) is 0 Å². The van der Waals surface area contributed by atoms with E-state index in [1.165, 1.54) is 96.8 Å². The zero-order valence-corrected chi connectivity index (χ0v) is 20.0. The highest BCUT2D eigenvalue weighted by molar-refractivity contribution is 5.83. The van der Waals surface area contributed by atoms with E-state index in [2.05, 4.69) is 13.8 Å². The van der Waals surface area contributed by atoms with Gasteiger partial charge in [0.25, 0.3) is 5.91 Å². The van der Waals surface area contributed by atoms with E-state index < -0.39 is 6.10 Å². The van der Waals surface area contributed by atoms with Crippen molar-refractivity contribution in [2.75, 3.05) is 13.1 Å². The Morgan fingerprint density at radius 3 is 1.34 bits per heavy atom.